The summed E-state index contributed by atoms with van der Waals surface area (Å²) in [5.74, 6) is -0.711. The summed E-state index contributed by atoms with van der Waals surface area (Å²) < 4.78 is 27.0. The van der Waals surface area contributed by atoms with Crippen molar-refractivity contribution in [2.24, 2.45) is 0 Å². The third kappa shape index (κ3) is 7.28. The lowest BCUT2D eigenvalue weighted by atomic mass is 10.2. The van der Waals surface area contributed by atoms with Crippen LogP contribution < -0.4 is 15.4 Å². The molecule has 0 saturated carbocycles. The summed E-state index contributed by atoms with van der Waals surface area (Å²) in [4.78, 5) is 24.3. The maximum absolute atomic E-state index is 12.4. The number of anilines is 1. The van der Waals surface area contributed by atoms with Gasteiger partial charge in [-0.25, -0.2) is 13.1 Å². The monoisotopic (exact) mass is 471 g/mol. The molecule has 0 bridgehead atoms. The zero-order valence-corrected chi connectivity index (χ0v) is 18.9. The van der Waals surface area contributed by atoms with E-state index in [0.29, 0.717) is 17.1 Å². The molecule has 0 atom stereocenters. The highest BCUT2D eigenvalue weighted by Gasteiger charge is 2.19. The lowest BCUT2D eigenvalue weighted by molar-refractivity contribution is -0.116. The summed E-state index contributed by atoms with van der Waals surface area (Å²) in [5.41, 5.74) is 0.683. The SMILES string of the molecule is CC(C)NS(=O)(=O)c1ccc(Cl)c(C(=O)NCCCC(=O)Nc2ccc(Cl)cc2)c1. The van der Waals surface area contributed by atoms with E-state index in [1.807, 2.05) is 0 Å². The number of nitrogens with one attached hydrogen (secondary N) is 3. The molecule has 0 heterocycles. The number of hydrogen-bond acceptors (Lipinski definition) is 4. The van der Waals surface area contributed by atoms with Gasteiger partial charge in [-0.05, 0) is 62.7 Å². The number of halogens is 2. The minimum atomic E-state index is -3.75. The average molecular weight is 472 g/mol. The zero-order chi connectivity index (χ0) is 22.3. The van der Waals surface area contributed by atoms with E-state index in [0.717, 1.165) is 0 Å². The Morgan fingerprint density at radius 2 is 1.70 bits per heavy atom. The second-order valence-electron chi connectivity index (χ2n) is 6.83. The Labute approximate surface area is 186 Å². The Morgan fingerprint density at radius 3 is 2.33 bits per heavy atom. The van der Waals surface area contributed by atoms with Crippen LogP contribution in [0.4, 0.5) is 5.69 Å². The number of sulfonamides is 1. The van der Waals surface area contributed by atoms with Gasteiger partial charge in [0.1, 0.15) is 0 Å². The minimum Gasteiger partial charge on any atom is -0.352 e. The Morgan fingerprint density at radius 1 is 1.03 bits per heavy atom. The first kappa shape index (κ1) is 24.1. The molecule has 2 amide bonds. The summed E-state index contributed by atoms with van der Waals surface area (Å²) in [7, 11) is -3.75. The van der Waals surface area contributed by atoms with Crippen molar-refractivity contribution in [2.45, 2.75) is 37.6 Å². The van der Waals surface area contributed by atoms with Crippen LogP contribution in [0.15, 0.2) is 47.4 Å². The Balaban J connectivity index is 1.89. The van der Waals surface area contributed by atoms with E-state index < -0.39 is 15.9 Å². The van der Waals surface area contributed by atoms with Crippen molar-refractivity contribution in [1.29, 1.82) is 0 Å². The number of amides is 2. The van der Waals surface area contributed by atoms with Crippen LogP contribution in [0.5, 0.6) is 0 Å². The normalized spacial score (nSPS) is 11.4. The summed E-state index contributed by atoms with van der Waals surface area (Å²) in [6.45, 7) is 3.62. The maximum atomic E-state index is 12.4. The second kappa shape index (κ2) is 10.8. The van der Waals surface area contributed by atoms with Crippen LogP contribution in [-0.2, 0) is 14.8 Å². The van der Waals surface area contributed by atoms with Crippen molar-refractivity contribution in [3.05, 3.63) is 58.1 Å². The first-order chi connectivity index (χ1) is 14.1. The van der Waals surface area contributed by atoms with Crippen LogP contribution in [0.25, 0.3) is 0 Å². The van der Waals surface area contributed by atoms with Crippen molar-refractivity contribution in [2.75, 3.05) is 11.9 Å². The van der Waals surface area contributed by atoms with Crippen LogP contribution in [-0.4, -0.2) is 32.8 Å². The van der Waals surface area contributed by atoms with Crippen LogP contribution in [0.3, 0.4) is 0 Å². The summed E-state index contributed by atoms with van der Waals surface area (Å²) >= 11 is 11.9. The molecule has 0 aromatic heterocycles. The van der Waals surface area contributed by atoms with Gasteiger partial charge < -0.3 is 10.6 Å². The first-order valence-electron chi connectivity index (χ1n) is 9.24. The van der Waals surface area contributed by atoms with Crippen LogP contribution >= 0.6 is 23.2 Å². The van der Waals surface area contributed by atoms with Gasteiger partial charge >= 0.3 is 0 Å². The third-order valence-corrected chi connectivity index (χ3v) is 6.12. The molecule has 0 radical (unpaired) electrons. The fourth-order valence-electron chi connectivity index (χ4n) is 2.53. The fraction of sp³-hybridized carbons (Fsp3) is 0.300. The molecule has 0 fully saturated rings. The van der Waals surface area contributed by atoms with E-state index in [2.05, 4.69) is 15.4 Å². The first-order valence-corrected chi connectivity index (χ1v) is 11.5. The van der Waals surface area contributed by atoms with E-state index in [1.165, 1.54) is 18.2 Å². The topological polar surface area (TPSA) is 104 Å². The number of carbonyl (C=O) groups excluding carboxylic acids is 2. The van der Waals surface area contributed by atoms with Gasteiger partial charge in [-0.15, -0.1) is 0 Å². The summed E-state index contributed by atoms with van der Waals surface area (Å²) in [6, 6.07) is 10.4. The van der Waals surface area contributed by atoms with Gasteiger partial charge in [-0.2, -0.15) is 0 Å². The van der Waals surface area contributed by atoms with Crippen molar-refractivity contribution in [1.82, 2.24) is 10.0 Å². The van der Waals surface area contributed by atoms with E-state index >= 15 is 0 Å². The molecule has 10 heteroatoms. The van der Waals surface area contributed by atoms with Crippen LogP contribution in [0, 0.1) is 0 Å². The maximum Gasteiger partial charge on any atom is 0.252 e. The third-order valence-electron chi connectivity index (χ3n) is 3.88. The zero-order valence-electron chi connectivity index (χ0n) is 16.5. The van der Waals surface area contributed by atoms with E-state index in [4.69, 9.17) is 23.2 Å². The van der Waals surface area contributed by atoms with E-state index in [1.54, 1.807) is 38.1 Å². The molecule has 0 spiro atoms. The van der Waals surface area contributed by atoms with E-state index in [-0.39, 0.29) is 40.4 Å². The molecule has 2 aromatic rings. The number of rotatable bonds is 9. The predicted octanol–water partition coefficient (Wildman–Crippen LogP) is 3.83. The molecule has 2 rings (SSSR count). The highest BCUT2D eigenvalue weighted by molar-refractivity contribution is 7.89. The Bertz CT molecular complexity index is 1010. The lowest BCUT2D eigenvalue weighted by Gasteiger charge is -2.12. The molecule has 0 unspecified atom stereocenters. The van der Waals surface area contributed by atoms with Gasteiger partial charge in [0.05, 0.1) is 15.5 Å². The second-order valence-corrected chi connectivity index (χ2v) is 9.39. The van der Waals surface area contributed by atoms with Crippen molar-refractivity contribution < 1.29 is 18.0 Å². The highest BCUT2D eigenvalue weighted by atomic mass is 35.5. The molecule has 7 nitrogen and oxygen atoms in total. The van der Waals surface area contributed by atoms with Crippen molar-refractivity contribution in [3.63, 3.8) is 0 Å². The summed E-state index contributed by atoms with van der Waals surface area (Å²) in [6.07, 6.45) is 0.596. The van der Waals surface area contributed by atoms with Gasteiger partial charge in [-0.1, -0.05) is 23.2 Å². The van der Waals surface area contributed by atoms with Crippen LogP contribution in [0.1, 0.15) is 37.0 Å². The van der Waals surface area contributed by atoms with Gasteiger partial charge in [0.15, 0.2) is 0 Å². The van der Waals surface area contributed by atoms with Gasteiger partial charge in [0, 0.05) is 29.7 Å². The molecule has 2 aromatic carbocycles. The molecule has 0 saturated heterocycles. The van der Waals surface area contributed by atoms with Crippen molar-refractivity contribution >= 4 is 50.7 Å². The van der Waals surface area contributed by atoms with E-state index in [9.17, 15) is 18.0 Å². The largest absolute Gasteiger partial charge is 0.352 e. The van der Waals surface area contributed by atoms with Gasteiger partial charge in [0.25, 0.3) is 5.91 Å². The molecule has 162 valence electrons. The fourth-order valence-corrected chi connectivity index (χ4v) is 4.13. The minimum absolute atomic E-state index is 0.0481. The molecule has 3 N–H and O–H groups in total. The van der Waals surface area contributed by atoms with Gasteiger partial charge in [0.2, 0.25) is 15.9 Å². The smallest absolute Gasteiger partial charge is 0.252 e. The van der Waals surface area contributed by atoms with Crippen molar-refractivity contribution in [3.8, 4) is 0 Å². The molecular formula is C20H23Cl2N3O4S. The van der Waals surface area contributed by atoms with Crippen LogP contribution in [0.2, 0.25) is 10.0 Å². The Hall–Kier alpha value is -2.13. The highest BCUT2D eigenvalue weighted by Crippen LogP contribution is 2.21. The standard InChI is InChI=1S/C20H23Cl2N3O4S/c1-13(2)25-30(28,29)16-9-10-18(22)17(12-16)20(27)23-11-3-4-19(26)24-15-7-5-14(21)6-8-15/h5-10,12-13,25H,3-4,11H2,1-2H3,(H,23,27)(H,24,26). The molecule has 0 aliphatic rings. The quantitative estimate of drug-likeness (QED) is 0.483. The summed E-state index contributed by atoms with van der Waals surface area (Å²) in [5, 5.41) is 6.09. The molecule has 30 heavy (non-hydrogen) atoms. The van der Waals surface area contributed by atoms with Gasteiger partial charge in [-0.3, -0.25) is 9.59 Å². The Kier molecular flexibility index (Phi) is 8.66. The number of benzene rings is 2. The average Bonchev–Trinajstić information content (AvgIpc) is 2.66. The predicted molar refractivity (Wildman–Crippen MR) is 119 cm³/mol. The molecule has 0 aliphatic heterocycles. The number of hydrogen-bond donors (Lipinski definition) is 3. The molecular weight excluding hydrogens is 449 g/mol. The lowest BCUT2D eigenvalue weighted by Crippen LogP contribution is -2.31. The number of carbonyl (C=O) groups is 2. The molecule has 0 aliphatic carbocycles.